The van der Waals surface area contributed by atoms with E-state index < -0.39 is 10.0 Å². The monoisotopic (exact) mass is 347 g/mol. The zero-order chi connectivity index (χ0) is 17.7. The summed E-state index contributed by atoms with van der Waals surface area (Å²) < 4.78 is 33.7. The number of hydrogen-bond donors (Lipinski definition) is 0. The normalized spacial score (nSPS) is 12.4. The van der Waals surface area contributed by atoms with Crippen molar-refractivity contribution < 1.29 is 13.2 Å². The minimum absolute atomic E-state index is 0.0259. The largest absolute Gasteiger partial charge is 0.481 e. The number of benzene rings is 1. The van der Waals surface area contributed by atoms with E-state index in [4.69, 9.17) is 11.2 Å². The highest BCUT2D eigenvalue weighted by molar-refractivity contribution is 7.92. The number of terminal acetylenes is 1. The molecule has 0 unspecified atom stereocenters. The fourth-order valence-corrected chi connectivity index (χ4v) is 3.17. The number of sulfonamides is 1. The maximum absolute atomic E-state index is 12.7. The molecule has 0 aliphatic rings. The van der Waals surface area contributed by atoms with Gasteiger partial charge in [-0.15, -0.1) is 6.42 Å². The zero-order valence-electron chi connectivity index (χ0n) is 14.0. The average molecular weight is 347 g/mol. The first-order valence-corrected chi connectivity index (χ1v) is 9.03. The maximum atomic E-state index is 12.7. The fraction of sp³-hybridized carbons (Fsp3) is 0.353. The molecule has 0 bridgehead atoms. The molecule has 2 rings (SSSR count). The summed E-state index contributed by atoms with van der Waals surface area (Å²) in [6.45, 7) is 4.21. The molecule has 1 aromatic heterocycles. The van der Waals surface area contributed by atoms with E-state index in [1.807, 2.05) is 13.8 Å². The Morgan fingerprint density at radius 1 is 1.38 bits per heavy atom. The van der Waals surface area contributed by atoms with Crippen LogP contribution in [-0.2, 0) is 10.0 Å². The van der Waals surface area contributed by atoms with Gasteiger partial charge in [0.2, 0.25) is 0 Å². The summed E-state index contributed by atoms with van der Waals surface area (Å²) in [5.74, 6) is 2.96. The van der Waals surface area contributed by atoms with Crippen LogP contribution in [0.25, 0.3) is 0 Å². The molecule has 2 aromatic rings. The Balaban J connectivity index is 2.22. The number of ether oxygens (including phenoxy) is 1. The van der Waals surface area contributed by atoms with Crippen molar-refractivity contribution in [3.05, 3.63) is 36.8 Å². The van der Waals surface area contributed by atoms with E-state index in [9.17, 15) is 8.42 Å². The molecular formula is C17H21N3O3S. The topological polar surface area (TPSA) is 64.4 Å². The van der Waals surface area contributed by atoms with Crippen LogP contribution in [0.2, 0.25) is 0 Å². The second-order valence-electron chi connectivity index (χ2n) is 5.38. The molecule has 0 saturated heterocycles. The van der Waals surface area contributed by atoms with Gasteiger partial charge in [-0.05, 0) is 37.6 Å². The molecule has 0 amide bonds. The Bertz CT molecular complexity index is 820. The van der Waals surface area contributed by atoms with Gasteiger partial charge in [0.15, 0.2) is 5.03 Å². The highest BCUT2D eigenvalue weighted by atomic mass is 32.2. The molecule has 0 aliphatic carbocycles. The molecule has 1 aromatic carbocycles. The van der Waals surface area contributed by atoms with Gasteiger partial charge < -0.3 is 9.30 Å². The Kier molecular flexibility index (Phi) is 5.52. The third-order valence-corrected chi connectivity index (χ3v) is 5.50. The molecule has 0 N–H and O–H groups in total. The minimum atomic E-state index is -3.71. The fourth-order valence-electron chi connectivity index (χ4n) is 2.06. The quantitative estimate of drug-likeness (QED) is 0.723. The summed E-state index contributed by atoms with van der Waals surface area (Å²) in [5.41, 5.74) is 0.515. The summed E-state index contributed by atoms with van der Waals surface area (Å²) in [6, 6.07) is 6.87. The Morgan fingerprint density at radius 2 is 2.04 bits per heavy atom. The van der Waals surface area contributed by atoms with Gasteiger partial charge in [-0.2, -0.15) is 8.42 Å². The van der Waals surface area contributed by atoms with Crippen molar-refractivity contribution in [3.8, 4) is 18.1 Å². The maximum Gasteiger partial charge on any atom is 0.283 e. The summed E-state index contributed by atoms with van der Waals surface area (Å²) in [5, 5.41) is 0.0259. The SMILES string of the molecule is C#CCOc1ccc(N(C)S(=O)(=O)c2cn([C@@H](C)CC)cn2)cc1. The van der Waals surface area contributed by atoms with Crippen LogP contribution in [0, 0.1) is 12.3 Å². The molecule has 1 heterocycles. The molecule has 128 valence electrons. The summed E-state index contributed by atoms with van der Waals surface area (Å²) in [4.78, 5) is 4.05. The van der Waals surface area contributed by atoms with E-state index in [2.05, 4.69) is 10.9 Å². The predicted molar refractivity (Wildman–Crippen MR) is 93.6 cm³/mol. The van der Waals surface area contributed by atoms with Gasteiger partial charge in [0.05, 0.1) is 12.0 Å². The molecule has 0 fully saturated rings. The van der Waals surface area contributed by atoms with Gasteiger partial charge in [0, 0.05) is 19.3 Å². The van der Waals surface area contributed by atoms with Crippen LogP contribution in [0.5, 0.6) is 5.75 Å². The molecule has 0 saturated carbocycles. The lowest BCUT2D eigenvalue weighted by atomic mass is 10.3. The van der Waals surface area contributed by atoms with Gasteiger partial charge in [-0.1, -0.05) is 12.8 Å². The van der Waals surface area contributed by atoms with Crippen molar-refractivity contribution in [1.29, 1.82) is 0 Å². The lowest BCUT2D eigenvalue weighted by Gasteiger charge is -2.18. The number of aromatic nitrogens is 2. The highest BCUT2D eigenvalue weighted by Gasteiger charge is 2.24. The first kappa shape index (κ1) is 17.9. The number of anilines is 1. The van der Waals surface area contributed by atoms with E-state index in [1.54, 1.807) is 41.4 Å². The summed E-state index contributed by atoms with van der Waals surface area (Å²) in [6.07, 6.45) is 9.14. The summed E-state index contributed by atoms with van der Waals surface area (Å²) >= 11 is 0. The Morgan fingerprint density at radius 3 is 2.62 bits per heavy atom. The molecule has 6 nitrogen and oxygen atoms in total. The van der Waals surface area contributed by atoms with E-state index in [0.29, 0.717) is 11.4 Å². The van der Waals surface area contributed by atoms with Crippen LogP contribution < -0.4 is 9.04 Å². The van der Waals surface area contributed by atoms with Gasteiger partial charge in [0.25, 0.3) is 10.0 Å². The second kappa shape index (κ2) is 7.41. The first-order chi connectivity index (χ1) is 11.4. The van der Waals surface area contributed by atoms with Crippen molar-refractivity contribution in [3.63, 3.8) is 0 Å². The Hall–Kier alpha value is -2.46. The molecule has 0 spiro atoms. The molecule has 24 heavy (non-hydrogen) atoms. The lowest BCUT2D eigenvalue weighted by molar-refractivity contribution is 0.370. The third kappa shape index (κ3) is 3.71. The van der Waals surface area contributed by atoms with Crippen LogP contribution in [0.4, 0.5) is 5.69 Å². The van der Waals surface area contributed by atoms with Crippen molar-refractivity contribution >= 4 is 15.7 Å². The van der Waals surface area contributed by atoms with Crippen LogP contribution >= 0.6 is 0 Å². The van der Waals surface area contributed by atoms with Crippen LogP contribution in [-0.4, -0.2) is 31.6 Å². The molecule has 7 heteroatoms. The second-order valence-corrected chi connectivity index (χ2v) is 7.29. The molecule has 0 radical (unpaired) electrons. The van der Waals surface area contributed by atoms with Crippen LogP contribution in [0.3, 0.4) is 0 Å². The van der Waals surface area contributed by atoms with Gasteiger partial charge >= 0.3 is 0 Å². The van der Waals surface area contributed by atoms with Crippen molar-refractivity contribution in [1.82, 2.24) is 9.55 Å². The van der Waals surface area contributed by atoms with E-state index in [1.165, 1.54) is 11.4 Å². The number of nitrogens with zero attached hydrogens (tertiary/aromatic N) is 3. The lowest BCUT2D eigenvalue weighted by Crippen LogP contribution is -2.26. The molecule has 1 atom stereocenters. The van der Waals surface area contributed by atoms with E-state index in [0.717, 1.165) is 6.42 Å². The average Bonchev–Trinajstić information content (AvgIpc) is 3.10. The van der Waals surface area contributed by atoms with Crippen molar-refractivity contribution in [2.75, 3.05) is 18.0 Å². The predicted octanol–water partition coefficient (Wildman–Crippen LogP) is 2.69. The van der Waals surface area contributed by atoms with Crippen molar-refractivity contribution in [2.45, 2.75) is 31.3 Å². The third-order valence-electron chi connectivity index (χ3n) is 3.82. The Labute approximate surface area is 143 Å². The van der Waals surface area contributed by atoms with Gasteiger partial charge in [-0.3, -0.25) is 4.31 Å². The standard InChI is InChI=1S/C17H21N3O3S/c1-5-11-23-16-9-7-15(8-10-16)19(4)24(21,22)17-12-20(13-18-17)14(3)6-2/h1,7-10,12-14H,6,11H2,2-4H3/t14-/m0/s1. The molecular weight excluding hydrogens is 326 g/mol. The molecule has 0 aliphatic heterocycles. The van der Waals surface area contributed by atoms with E-state index in [-0.39, 0.29) is 17.7 Å². The zero-order valence-corrected chi connectivity index (χ0v) is 14.8. The summed E-state index contributed by atoms with van der Waals surface area (Å²) in [7, 11) is -2.22. The number of rotatable bonds is 7. The highest BCUT2D eigenvalue weighted by Crippen LogP contribution is 2.24. The van der Waals surface area contributed by atoms with Crippen LogP contribution in [0.15, 0.2) is 41.8 Å². The van der Waals surface area contributed by atoms with E-state index >= 15 is 0 Å². The number of hydrogen-bond acceptors (Lipinski definition) is 4. The smallest absolute Gasteiger partial charge is 0.283 e. The minimum Gasteiger partial charge on any atom is -0.481 e. The van der Waals surface area contributed by atoms with Crippen LogP contribution in [0.1, 0.15) is 26.3 Å². The number of imidazole rings is 1. The van der Waals surface area contributed by atoms with Gasteiger partial charge in [0.1, 0.15) is 12.4 Å². The van der Waals surface area contributed by atoms with Gasteiger partial charge in [-0.25, -0.2) is 4.98 Å². The van der Waals surface area contributed by atoms with Crippen molar-refractivity contribution in [2.24, 2.45) is 0 Å². The first-order valence-electron chi connectivity index (χ1n) is 7.59.